The third-order valence-electron chi connectivity index (χ3n) is 5.65. The summed E-state index contributed by atoms with van der Waals surface area (Å²) in [6.07, 6.45) is 0.999. The lowest BCUT2D eigenvalue weighted by atomic mass is 10.0. The van der Waals surface area contributed by atoms with Crippen molar-refractivity contribution in [2.24, 2.45) is 0 Å². The molecule has 0 aromatic heterocycles. The smallest absolute Gasteiger partial charge is 0.243 e. The number of sulfonamides is 1. The number of aryl methyl sites for hydroxylation is 1. The van der Waals surface area contributed by atoms with Crippen LogP contribution in [0.4, 0.5) is 5.69 Å². The third-order valence-corrected chi connectivity index (χ3v) is 7.48. The second kappa shape index (κ2) is 7.87. The molecule has 0 N–H and O–H groups in total. The van der Waals surface area contributed by atoms with Crippen molar-refractivity contribution in [3.63, 3.8) is 0 Å². The maximum Gasteiger partial charge on any atom is 0.243 e. The summed E-state index contributed by atoms with van der Waals surface area (Å²) in [5, 5.41) is 0. The zero-order valence-electron chi connectivity index (χ0n) is 16.5. The summed E-state index contributed by atoms with van der Waals surface area (Å²) in [6.45, 7) is 6.48. The van der Waals surface area contributed by atoms with Gasteiger partial charge in [-0.1, -0.05) is 0 Å². The quantitative estimate of drug-likeness (QED) is 0.752. The molecule has 2 unspecified atom stereocenters. The molecular weight excluding hydrogens is 366 g/mol. The molecule has 1 aromatic rings. The van der Waals surface area contributed by atoms with E-state index in [1.807, 2.05) is 0 Å². The highest BCUT2D eigenvalue weighted by Gasteiger charge is 2.36. The van der Waals surface area contributed by atoms with E-state index in [-0.39, 0.29) is 18.0 Å². The zero-order chi connectivity index (χ0) is 19.8. The maximum absolute atomic E-state index is 13.2. The van der Waals surface area contributed by atoms with Crippen molar-refractivity contribution in [1.82, 2.24) is 9.21 Å². The molecule has 2 heterocycles. The number of carbonyl (C=O) groups excluding carboxylic acids is 1. The summed E-state index contributed by atoms with van der Waals surface area (Å²) in [6, 6.07) is 5.36. The van der Waals surface area contributed by atoms with E-state index in [1.165, 1.54) is 0 Å². The van der Waals surface area contributed by atoms with Crippen LogP contribution in [0.2, 0.25) is 0 Å². The largest absolute Gasteiger partial charge is 0.383 e. The first kappa shape index (κ1) is 20.3. The number of benzene rings is 1. The number of methoxy groups -OCH3 is 1. The van der Waals surface area contributed by atoms with Gasteiger partial charge in [0.15, 0.2) is 0 Å². The minimum absolute atomic E-state index is 0.0629. The molecule has 2 aliphatic heterocycles. The summed E-state index contributed by atoms with van der Waals surface area (Å²) in [5.41, 5.74) is 1.72. The van der Waals surface area contributed by atoms with Crippen molar-refractivity contribution in [3.05, 3.63) is 23.8 Å². The van der Waals surface area contributed by atoms with Crippen LogP contribution < -0.4 is 4.90 Å². The first-order valence-corrected chi connectivity index (χ1v) is 10.8. The topological polar surface area (TPSA) is 70.2 Å². The van der Waals surface area contributed by atoms with Gasteiger partial charge in [0.05, 0.1) is 11.5 Å². The Labute approximate surface area is 161 Å². The molecule has 3 rings (SSSR count). The fourth-order valence-electron chi connectivity index (χ4n) is 4.08. The minimum Gasteiger partial charge on any atom is -0.383 e. The van der Waals surface area contributed by atoms with Crippen LogP contribution >= 0.6 is 0 Å². The number of nitrogens with zero attached hydrogens (tertiary/aromatic N) is 3. The number of amides is 1. The van der Waals surface area contributed by atoms with Gasteiger partial charge < -0.3 is 9.64 Å². The summed E-state index contributed by atoms with van der Waals surface area (Å²) < 4.78 is 33.2. The normalized spacial score (nSPS) is 24.9. The van der Waals surface area contributed by atoms with Gasteiger partial charge >= 0.3 is 0 Å². The van der Waals surface area contributed by atoms with Crippen LogP contribution in [0.15, 0.2) is 23.1 Å². The van der Waals surface area contributed by atoms with Crippen LogP contribution in [0.25, 0.3) is 0 Å². The van der Waals surface area contributed by atoms with E-state index < -0.39 is 10.0 Å². The van der Waals surface area contributed by atoms with Crippen molar-refractivity contribution in [3.8, 4) is 0 Å². The lowest BCUT2D eigenvalue weighted by molar-refractivity contribution is -0.118. The summed E-state index contributed by atoms with van der Waals surface area (Å²) in [5.74, 6) is 0.0629. The van der Waals surface area contributed by atoms with Crippen molar-refractivity contribution in [1.29, 1.82) is 0 Å². The molecule has 27 heavy (non-hydrogen) atoms. The highest BCUT2D eigenvalue weighted by molar-refractivity contribution is 7.89. The van der Waals surface area contributed by atoms with Gasteiger partial charge in [-0.3, -0.25) is 9.69 Å². The van der Waals surface area contributed by atoms with E-state index in [1.54, 1.807) is 41.6 Å². The first-order chi connectivity index (χ1) is 12.8. The summed E-state index contributed by atoms with van der Waals surface area (Å²) in [4.78, 5) is 16.1. The molecule has 1 amide bonds. The highest BCUT2D eigenvalue weighted by atomic mass is 32.2. The number of hydrogen-bond donors (Lipinski definition) is 0. The Morgan fingerprint density at radius 2 is 1.81 bits per heavy atom. The molecule has 0 bridgehead atoms. The Kier molecular flexibility index (Phi) is 5.90. The average molecular weight is 396 g/mol. The fraction of sp³-hybridized carbons (Fsp3) is 0.632. The molecule has 150 valence electrons. The molecule has 0 spiro atoms. The van der Waals surface area contributed by atoms with Crippen LogP contribution in [0.3, 0.4) is 0 Å². The SMILES string of the molecule is COCCN1C(C)CN(S(=O)(=O)c2ccc3c(c2)CCC(=O)N3C)CC1C. The molecule has 1 fully saturated rings. The molecular formula is C19H29N3O4S. The van der Waals surface area contributed by atoms with Gasteiger partial charge in [-0.25, -0.2) is 8.42 Å². The minimum atomic E-state index is -3.56. The predicted molar refractivity (Wildman–Crippen MR) is 104 cm³/mol. The number of fused-ring (bicyclic) bond motifs is 1. The van der Waals surface area contributed by atoms with Crippen molar-refractivity contribution < 1.29 is 17.9 Å². The molecule has 8 heteroatoms. The molecule has 7 nitrogen and oxygen atoms in total. The lowest BCUT2D eigenvalue weighted by Gasteiger charge is -2.43. The number of anilines is 1. The second-order valence-corrected chi connectivity index (χ2v) is 9.43. The van der Waals surface area contributed by atoms with E-state index in [2.05, 4.69) is 18.7 Å². The molecule has 2 aliphatic rings. The van der Waals surface area contributed by atoms with Crippen LogP contribution in [0.5, 0.6) is 0 Å². The van der Waals surface area contributed by atoms with Gasteiger partial charge in [-0.15, -0.1) is 0 Å². The van der Waals surface area contributed by atoms with Crippen LogP contribution in [0, 0.1) is 0 Å². The number of ether oxygens (including phenoxy) is 1. The average Bonchev–Trinajstić information content (AvgIpc) is 2.63. The maximum atomic E-state index is 13.2. The Morgan fingerprint density at radius 3 is 2.44 bits per heavy atom. The number of carbonyl (C=O) groups is 1. The summed E-state index contributed by atoms with van der Waals surface area (Å²) in [7, 11) is -0.153. The molecule has 0 radical (unpaired) electrons. The number of hydrogen-bond acceptors (Lipinski definition) is 5. The fourth-order valence-corrected chi connectivity index (χ4v) is 5.74. The lowest BCUT2D eigenvalue weighted by Crippen LogP contribution is -2.58. The van der Waals surface area contributed by atoms with Crippen LogP contribution in [0.1, 0.15) is 25.8 Å². The zero-order valence-corrected chi connectivity index (χ0v) is 17.3. The molecule has 2 atom stereocenters. The first-order valence-electron chi connectivity index (χ1n) is 9.40. The van der Waals surface area contributed by atoms with Crippen molar-refractivity contribution in [2.45, 2.75) is 43.7 Å². The third kappa shape index (κ3) is 3.89. The van der Waals surface area contributed by atoms with Crippen LogP contribution in [-0.4, -0.2) is 76.0 Å². The van der Waals surface area contributed by atoms with Crippen LogP contribution in [-0.2, 0) is 26.0 Å². The van der Waals surface area contributed by atoms with Crippen molar-refractivity contribution in [2.75, 3.05) is 45.3 Å². The Morgan fingerprint density at radius 1 is 1.15 bits per heavy atom. The van der Waals surface area contributed by atoms with Gasteiger partial charge in [0.2, 0.25) is 15.9 Å². The summed E-state index contributed by atoms with van der Waals surface area (Å²) >= 11 is 0. The van der Waals surface area contributed by atoms with Gasteiger partial charge in [0.1, 0.15) is 0 Å². The molecule has 1 aromatic carbocycles. The Balaban J connectivity index is 1.82. The van der Waals surface area contributed by atoms with Gasteiger partial charge in [0.25, 0.3) is 0 Å². The molecule has 0 saturated carbocycles. The predicted octanol–water partition coefficient (Wildman–Crippen LogP) is 1.33. The van der Waals surface area contributed by atoms with Gasteiger partial charge in [0, 0.05) is 58.0 Å². The monoisotopic (exact) mass is 395 g/mol. The molecule has 1 saturated heterocycles. The van der Waals surface area contributed by atoms with E-state index in [4.69, 9.17) is 4.74 Å². The number of piperazine rings is 1. The van der Waals surface area contributed by atoms with Gasteiger partial charge in [-0.05, 0) is 44.0 Å². The Hall–Kier alpha value is -1.48. The highest BCUT2D eigenvalue weighted by Crippen LogP contribution is 2.31. The van der Waals surface area contributed by atoms with E-state index in [0.29, 0.717) is 37.4 Å². The van der Waals surface area contributed by atoms with Crippen molar-refractivity contribution >= 4 is 21.6 Å². The number of rotatable bonds is 5. The molecule has 0 aliphatic carbocycles. The Bertz CT molecular complexity index is 799. The van der Waals surface area contributed by atoms with Gasteiger partial charge in [-0.2, -0.15) is 4.31 Å². The van der Waals surface area contributed by atoms with E-state index in [0.717, 1.165) is 17.8 Å². The standard InChI is InChI=1S/C19H29N3O4S/c1-14-12-21(13-15(2)22(14)9-10-26-4)27(24,25)17-6-7-18-16(11-17)5-8-19(23)20(18)3/h6-7,11,14-15H,5,8-10,12-13H2,1-4H3. The van der Waals surface area contributed by atoms with E-state index >= 15 is 0 Å². The second-order valence-electron chi connectivity index (χ2n) is 7.49. The van der Waals surface area contributed by atoms with E-state index in [9.17, 15) is 13.2 Å².